The van der Waals surface area contributed by atoms with Gasteiger partial charge in [-0.3, -0.25) is 14.4 Å². The molecule has 2 saturated heterocycles. The number of aryl methyl sites for hydroxylation is 1. The van der Waals surface area contributed by atoms with E-state index in [9.17, 15) is 14.4 Å². The van der Waals surface area contributed by atoms with Crippen molar-refractivity contribution >= 4 is 23.8 Å². The maximum absolute atomic E-state index is 13.0. The van der Waals surface area contributed by atoms with Crippen LogP contribution < -0.4 is 16.0 Å². The molecule has 1 unspecified atom stereocenters. The second-order valence-electron chi connectivity index (χ2n) is 11.1. The molecule has 40 heavy (non-hydrogen) atoms. The largest absolute Gasteiger partial charge is 0.358 e. The molecule has 9 heteroatoms. The van der Waals surface area contributed by atoms with Gasteiger partial charge in [-0.1, -0.05) is 20.3 Å². The number of amides is 3. The highest BCUT2D eigenvalue weighted by molar-refractivity contribution is 6.04. The fourth-order valence-electron chi connectivity index (χ4n) is 5.96. The van der Waals surface area contributed by atoms with Crippen LogP contribution in [0, 0.1) is 19.8 Å². The maximum Gasteiger partial charge on any atom is 0.253 e. The van der Waals surface area contributed by atoms with Crippen LogP contribution in [0.1, 0.15) is 79.7 Å². The monoisotopic (exact) mass is 550 g/mol. The fraction of sp³-hybridized carbons (Fsp3) is 0.581. The van der Waals surface area contributed by atoms with Gasteiger partial charge in [-0.05, 0) is 89.6 Å². The number of fused-ring (bicyclic) bond motifs is 1. The zero-order valence-corrected chi connectivity index (χ0v) is 24.6. The molecule has 0 radical (unpaired) electrons. The lowest BCUT2D eigenvalue weighted by atomic mass is 9.89. The van der Waals surface area contributed by atoms with Crippen LogP contribution in [0.15, 0.2) is 29.1 Å². The van der Waals surface area contributed by atoms with Gasteiger partial charge in [0.25, 0.3) is 11.8 Å². The van der Waals surface area contributed by atoms with Gasteiger partial charge in [0.15, 0.2) is 0 Å². The number of carbonyl (C=O) groups is 3. The van der Waals surface area contributed by atoms with Crippen molar-refractivity contribution in [3.63, 3.8) is 0 Å². The normalized spacial score (nSPS) is 20.3. The van der Waals surface area contributed by atoms with Crippen LogP contribution in [0.4, 0.5) is 0 Å². The number of nitrogens with one attached hydrogen (secondary N) is 4. The molecule has 4 N–H and O–H groups in total. The van der Waals surface area contributed by atoms with Crippen LogP contribution in [-0.2, 0) is 9.59 Å². The summed E-state index contributed by atoms with van der Waals surface area (Å²) in [6.45, 7) is 14.6. The molecule has 3 amide bonds. The van der Waals surface area contributed by atoms with Crippen molar-refractivity contribution in [3.8, 4) is 0 Å². The van der Waals surface area contributed by atoms with Gasteiger partial charge in [-0.2, -0.15) is 0 Å². The van der Waals surface area contributed by atoms with Crippen LogP contribution in [0.5, 0.6) is 0 Å². The molecule has 1 atom stereocenters. The minimum Gasteiger partial charge on any atom is -0.358 e. The third kappa shape index (κ3) is 7.31. The Balaban J connectivity index is 1.37. The minimum atomic E-state index is -0.157. The van der Waals surface area contributed by atoms with E-state index in [4.69, 9.17) is 0 Å². The van der Waals surface area contributed by atoms with Crippen molar-refractivity contribution in [1.29, 1.82) is 0 Å². The highest BCUT2D eigenvalue weighted by Crippen LogP contribution is 2.36. The van der Waals surface area contributed by atoms with E-state index in [0.29, 0.717) is 30.5 Å². The third-order valence-electron chi connectivity index (χ3n) is 8.40. The number of hydrogen-bond donors (Lipinski definition) is 4. The average Bonchev–Trinajstić information content (AvgIpc) is 3.41. The Morgan fingerprint density at radius 3 is 2.60 bits per heavy atom. The zero-order valence-electron chi connectivity index (χ0n) is 24.6. The van der Waals surface area contributed by atoms with Crippen LogP contribution in [0.2, 0.25) is 0 Å². The number of hydrogen-bond acceptors (Lipinski definition) is 5. The molecule has 0 saturated carbocycles. The predicted molar refractivity (Wildman–Crippen MR) is 158 cm³/mol. The summed E-state index contributed by atoms with van der Waals surface area (Å²) in [5, 5.41) is 9.10. The second kappa shape index (κ2) is 13.9. The molecule has 0 spiro atoms. The van der Waals surface area contributed by atoms with Crippen molar-refractivity contribution in [2.75, 3.05) is 45.8 Å². The molecule has 3 heterocycles. The van der Waals surface area contributed by atoms with Gasteiger partial charge in [0.2, 0.25) is 5.91 Å². The topological polar surface area (TPSA) is 110 Å². The number of rotatable bonds is 12. The number of aromatic amines is 1. The lowest BCUT2D eigenvalue weighted by Gasteiger charge is -2.26. The lowest BCUT2D eigenvalue weighted by molar-refractivity contribution is -0.120. The molecule has 4 rings (SSSR count). The molecule has 3 aliphatic rings. The summed E-state index contributed by atoms with van der Waals surface area (Å²) in [4.78, 5) is 46.6. The molecule has 1 aliphatic carbocycles. The third-order valence-corrected chi connectivity index (χ3v) is 8.40. The molecule has 1 aromatic heterocycles. The van der Waals surface area contributed by atoms with Crippen molar-refractivity contribution < 1.29 is 14.4 Å². The highest BCUT2D eigenvalue weighted by Gasteiger charge is 2.35. The first kappa shape index (κ1) is 29.8. The van der Waals surface area contributed by atoms with Gasteiger partial charge in [0.1, 0.15) is 0 Å². The predicted octanol–water partition coefficient (Wildman–Crippen LogP) is 3.39. The molecule has 218 valence electrons. The van der Waals surface area contributed by atoms with E-state index in [1.54, 1.807) is 0 Å². The summed E-state index contributed by atoms with van der Waals surface area (Å²) in [6.07, 6.45) is 11.3. The number of H-pyrrole nitrogens is 1. The van der Waals surface area contributed by atoms with Crippen molar-refractivity contribution in [3.05, 3.63) is 51.6 Å². The first-order valence-electron chi connectivity index (χ1n) is 15.0. The maximum atomic E-state index is 13.0. The van der Waals surface area contributed by atoms with E-state index >= 15 is 0 Å². The Labute approximate surface area is 238 Å². The molecule has 9 nitrogen and oxygen atoms in total. The van der Waals surface area contributed by atoms with Gasteiger partial charge in [-0.15, -0.1) is 0 Å². The Morgan fingerprint density at radius 1 is 1.12 bits per heavy atom. The summed E-state index contributed by atoms with van der Waals surface area (Å²) in [7, 11) is 0. The number of allylic oxidation sites excluding steroid dienone is 4. The zero-order chi connectivity index (χ0) is 28.6. The van der Waals surface area contributed by atoms with Crippen LogP contribution >= 0.6 is 0 Å². The van der Waals surface area contributed by atoms with Gasteiger partial charge < -0.3 is 30.7 Å². The van der Waals surface area contributed by atoms with Crippen molar-refractivity contribution in [1.82, 2.24) is 30.7 Å². The Morgan fingerprint density at radius 2 is 1.88 bits per heavy atom. The van der Waals surface area contributed by atoms with E-state index in [2.05, 4.69) is 44.6 Å². The van der Waals surface area contributed by atoms with Crippen molar-refractivity contribution in [2.45, 2.75) is 66.2 Å². The Bertz CT molecular complexity index is 1180. The summed E-state index contributed by atoms with van der Waals surface area (Å²) < 4.78 is 0. The standard InChI is InChI=1S/C31H46N6O3/c1-5-36(6-2)17-10-14-32-31(40)29-21(3)27(33-22(29)4)20-25-24-19-23(11-12-26(24)35-30(25)39)34-28(38)13-18-37-15-8-7-9-16-37/h11-12,20,24,33H,5-10,13-19H2,1-4H3,(H,32,40)(H,34,38)(H,35,39). The fourth-order valence-corrected chi connectivity index (χ4v) is 5.96. The summed E-state index contributed by atoms with van der Waals surface area (Å²) in [5.74, 6) is -0.381. The first-order chi connectivity index (χ1) is 19.3. The molecule has 2 aliphatic heterocycles. The molecular formula is C31H46N6O3. The molecule has 0 bridgehead atoms. The van der Waals surface area contributed by atoms with Gasteiger partial charge in [-0.25, -0.2) is 0 Å². The van der Waals surface area contributed by atoms with Crippen LogP contribution in [0.3, 0.4) is 0 Å². The quantitative estimate of drug-likeness (QED) is 0.236. The summed E-state index contributed by atoms with van der Waals surface area (Å²) in [6, 6.07) is 0. The average molecular weight is 551 g/mol. The highest BCUT2D eigenvalue weighted by atomic mass is 16.2. The summed E-state index contributed by atoms with van der Waals surface area (Å²) >= 11 is 0. The van der Waals surface area contributed by atoms with E-state index in [1.165, 1.54) is 19.3 Å². The first-order valence-corrected chi connectivity index (χ1v) is 15.0. The Hall–Kier alpha value is -3.17. The summed E-state index contributed by atoms with van der Waals surface area (Å²) in [5.41, 5.74) is 5.31. The van der Waals surface area contributed by atoms with E-state index in [-0.39, 0.29) is 23.6 Å². The lowest BCUT2D eigenvalue weighted by Crippen LogP contribution is -2.34. The number of piperidine rings is 1. The smallest absolute Gasteiger partial charge is 0.253 e. The van der Waals surface area contributed by atoms with Crippen LogP contribution in [0.25, 0.3) is 6.08 Å². The number of nitrogens with zero attached hydrogens (tertiary/aromatic N) is 2. The van der Waals surface area contributed by atoms with Crippen LogP contribution in [-0.4, -0.2) is 78.3 Å². The number of aromatic nitrogens is 1. The molecule has 2 fully saturated rings. The SMILES string of the molecule is CCN(CC)CCCNC(=O)c1c(C)[nH]c(C=C2C(=O)NC3=CC=C(NC(=O)CCN4CCCCC4)CC32)c1C. The molecule has 0 aromatic carbocycles. The van der Waals surface area contributed by atoms with E-state index < -0.39 is 0 Å². The Kier molecular flexibility index (Phi) is 10.4. The van der Waals surface area contributed by atoms with E-state index in [1.807, 2.05) is 32.1 Å². The number of likely N-dealkylation sites (tertiary alicyclic amines) is 1. The van der Waals surface area contributed by atoms with E-state index in [0.717, 1.165) is 74.0 Å². The van der Waals surface area contributed by atoms with Crippen molar-refractivity contribution in [2.24, 2.45) is 5.92 Å². The second-order valence-corrected chi connectivity index (χ2v) is 11.1. The van der Waals surface area contributed by atoms with Gasteiger partial charge in [0, 0.05) is 60.2 Å². The molecular weight excluding hydrogens is 504 g/mol. The van der Waals surface area contributed by atoms with Gasteiger partial charge in [0.05, 0.1) is 5.56 Å². The number of carbonyl (C=O) groups excluding carboxylic acids is 3. The minimum absolute atomic E-state index is 0.0140. The molecule has 1 aromatic rings. The van der Waals surface area contributed by atoms with Gasteiger partial charge >= 0.3 is 0 Å².